The van der Waals surface area contributed by atoms with E-state index in [1.165, 1.54) is 12.8 Å². The summed E-state index contributed by atoms with van der Waals surface area (Å²) in [5, 5.41) is 16.1. The number of fused-ring (bicyclic) bond motifs is 1. The second-order valence-corrected chi connectivity index (χ2v) is 6.38. The van der Waals surface area contributed by atoms with Crippen molar-refractivity contribution >= 4 is 11.5 Å². The number of piperidine rings is 1. The fourth-order valence-corrected chi connectivity index (χ4v) is 3.35. The molecule has 24 heavy (non-hydrogen) atoms. The highest BCUT2D eigenvalue weighted by Crippen LogP contribution is 2.23. The van der Waals surface area contributed by atoms with Crippen LogP contribution < -0.4 is 10.2 Å². The molecule has 8 nitrogen and oxygen atoms in total. The Hall–Kier alpha value is -2.48. The monoisotopic (exact) mass is 326 g/mol. The molecule has 3 aromatic rings. The lowest BCUT2D eigenvalue weighted by Crippen LogP contribution is -2.40. The minimum absolute atomic E-state index is 0.604. The van der Waals surface area contributed by atoms with Crippen molar-refractivity contribution in [2.75, 3.05) is 24.5 Å². The van der Waals surface area contributed by atoms with Crippen LogP contribution in [0.3, 0.4) is 0 Å². The quantitative estimate of drug-likeness (QED) is 0.749. The maximum absolute atomic E-state index is 4.54. The van der Waals surface area contributed by atoms with E-state index in [0.717, 1.165) is 43.3 Å². The van der Waals surface area contributed by atoms with Gasteiger partial charge in [0.05, 0.1) is 5.69 Å². The van der Waals surface area contributed by atoms with Gasteiger partial charge in [0.1, 0.15) is 6.33 Å². The predicted molar refractivity (Wildman–Crippen MR) is 90.6 cm³/mol. The van der Waals surface area contributed by atoms with Crippen LogP contribution in [-0.2, 0) is 13.6 Å². The maximum atomic E-state index is 4.54. The van der Waals surface area contributed by atoms with Crippen LogP contribution in [0.15, 0.2) is 31.0 Å². The summed E-state index contributed by atoms with van der Waals surface area (Å²) in [4.78, 5) is 6.87. The largest absolute Gasteiger partial charge is 0.353 e. The summed E-state index contributed by atoms with van der Waals surface area (Å²) < 4.78 is 3.76. The van der Waals surface area contributed by atoms with Crippen LogP contribution in [0.5, 0.6) is 0 Å². The van der Waals surface area contributed by atoms with E-state index in [0.29, 0.717) is 5.92 Å². The molecular formula is C16H22N8. The summed E-state index contributed by atoms with van der Waals surface area (Å²) in [7, 11) is 1.95. The third kappa shape index (κ3) is 3.09. The van der Waals surface area contributed by atoms with Gasteiger partial charge in [-0.25, -0.2) is 4.98 Å². The minimum atomic E-state index is 0.604. The van der Waals surface area contributed by atoms with Gasteiger partial charge in [0.25, 0.3) is 0 Å². The number of nitrogens with zero attached hydrogens (tertiary/aromatic N) is 7. The Morgan fingerprint density at radius 2 is 2.29 bits per heavy atom. The number of hydrogen-bond acceptors (Lipinski definition) is 6. The molecule has 4 rings (SSSR count). The molecule has 0 spiro atoms. The van der Waals surface area contributed by atoms with Crippen LogP contribution in [0.1, 0.15) is 18.5 Å². The molecule has 4 heterocycles. The molecule has 0 aromatic carbocycles. The van der Waals surface area contributed by atoms with E-state index < -0.39 is 0 Å². The molecule has 0 radical (unpaired) electrons. The minimum Gasteiger partial charge on any atom is -0.353 e. The topological polar surface area (TPSA) is 76.2 Å². The summed E-state index contributed by atoms with van der Waals surface area (Å²) in [6.45, 7) is 3.82. The fraction of sp³-hybridized carbons (Fsp3) is 0.500. The second-order valence-electron chi connectivity index (χ2n) is 6.38. The van der Waals surface area contributed by atoms with Crippen molar-refractivity contribution < 1.29 is 0 Å². The van der Waals surface area contributed by atoms with Gasteiger partial charge in [-0.15, -0.1) is 10.2 Å². The first kappa shape index (κ1) is 15.1. The van der Waals surface area contributed by atoms with Gasteiger partial charge < -0.3 is 10.2 Å². The third-order valence-corrected chi connectivity index (χ3v) is 4.52. The van der Waals surface area contributed by atoms with Crippen LogP contribution >= 0.6 is 0 Å². The number of anilines is 1. The zero-order valence-corrected chi connectivity index (χ0v) is 13.8. The van der Waals surface area contributed by atoms with Gasteiger partial charge in [-0.2, -0.15) is 5.10 Å². The van der Waals surface area contributed by atoms with E-state index in [4.69, 9.17) is 0 Å². The molecule has 126 valence electrons. The van der Waals surface area contributed by atoms with Crippen molar-refractivity contribution in [2.45, 2.75) is 19.4 Å². The Morgan fingerprint density at radius 3 is 3.17 bits per heavy atom. The molecule has 1 atom stereocenters. The highest BCUT2D eigenvalue weighted by molar-refractivity contribution is 5.63. The number of aryl methyl sites for hydroxylation is 1. The summed E-state index contributed by atoms with van der Waals surface area (Å²) in [5.41, 5.74) is 1.92. The van der Waals surface area contributed by atoms with Gasteiger partial charge in [-0.3, -0.25) is 9.08 Å². The SMILES string of the molecule is Cn1ccc(CNC[C@@H]2CCCN(c3nccn4cnnc34)C2)n1. The predicted octanol–water partition coefficient (Wildman–Crippen LogP) is 0.864. The average Bonchev–Trinajstić information content (AvgIpc) is 3.23. The average molecular weight is 326 g/mol. The van der Waals surface area contributed by atoms with Crippen molar-refractivity contribution in [1.82, 2.24) is 34.7 Å². The lowest BCUT2D eigenvalue weighted by atomic mass is 9.98. The van der Waals surface area contributed by atoms with Crippen LogP contribution in [0.4, 0.5) is 5.82 Å². The molecule has 0 saturated carbocycles. The van der Waals surface area contributed by atoms with Crippen molar-refractivity contribution in [1.29, 1.82) is 0 Å². The fourth-order valence-electron chi connectivity index (χ4n) is 3.35. The van der Waals surface area contributed by atoms with Gasteiger partial charge in [-0.05, 0) is 24.8 Å². The first-order valence-electron chi connectivity index (χ1n) is 8.38. The third-order valence-electron chi connectivity index (χ3n) is 4.52. The molecule has 1 aliphatic rings. The van der Waals surface area contributed by atoms with Crippen molar-refractivity contribution in [3.8, 4) is 0 Å². The van der Waals surface area contributed by atoms with E-state index >= 15 is 0 Å². The second kappa shape index (κ2) is 6.56. The lowest BCUT2D eigenvalue weighted by molar-refractivity contribution is 0.389. The molecule has 1 N–H and O–H groups in total. The van der Waals surface area contributed by atoms with E-state index in [1.54, 1.807) is 6.33 Å². The van der Waals surface area contributed by atoms with E-state index in [9.17, 15) is 0 Å². The van der Waals surface area contributed by atoms with Gasteiger partial charge in [0, 0.05) is 51.8 Å². The molecule has 0 aliphatic carbocycles. The van der Waals surface area contributed by atoms with Crippen molar-refractivity contribution in [3.63, 3.8) is 0 Å². The van der Waals surface area contributed by atoms with Crippen molar-refractivity contribution in [3.05, 3.63) is 36.7 Å². The smallest absolute Gasteiger partial charge is 0.203 e. The molecule has 1 fully saturated rings. The van der Waals surface area contributed by atoms with Crippen LogP contribution in [0.25, 0.3) is 5.65 Å². The summed E-state index contributed by atoms with van der Waals surface area (Å²) in [6.07, 6.45) is 9.80. The van der Waals surface area contributed by atoms with Gasteiger partial charge >= 0.3 is 0 Å². The van der Waals surface area contributed by atoms with Gasteiger partial charge in [-0.1, -0.05) is 0 Å². The van der Waals surface area contributed by atoms with Crippen LogP contribution in [0, 0.1) is 5.92 Å². The number of nitrogens with one attached hydrogen (secondary N) is 1. The Balaban J connectivity index is 1.38. The molecule has 3 aromatic heterocycles. The highest BCUT2D eigenvalue weighted by Gasteiger charge is 2.23. The Bertz CT molecular complexity index is 807. The van der Waals surface area contributed by atoms with E-state index in [1.807, 2.05) is 34.7 Å². The van der Waals surface area contributed by atoms with E-state index in [2.05, 4.69) is 36.6 Å². The highest BCUT2D eigenvalue weighted by atomic mass is 15.3. The Kier molecular flexibility index (Phi) is 4.12. The summed E-state index contributed by atoms with van der Waals surface area (Å²) in [5.74, 6) is 1.54. The van der Waals surface area contributed by atoms with Gasteiger partial charge in [0.2, 0.25) is 5.65 Å². The molecule has 0 bridgehead atoms. The number of aromatic nitrogens is 6. The van der Waals surface area contributed by atoms with Gasteiger partial charge in [0.15, 0.2) is 5.82 Å². The summed E-state index contributed by atoms with van der Waals surface area (Å²) >= 11 is 0. The molecular weight excluding hydrogens is 304 g/mol. The number of rotatable bonds is 5. The maximum Gasteiger partial charge on any atom is 0.203 e. The zero-order chi connectivity index (χ0) is 16.4. The Morgan fingerprint density at radius 1 is 1.33 bits per heavy atom. The number of hydrogen-bond donors (Lipinski definition) is 1. The Labute approximate surface area is 140 Å². The summed E-state index contributed by atoms with van der Waals surface area (Å²) in [6, 6.07) is 2.05. The molecule has 0 amide bonds. The first-order valence-corrected chi connectivity index (χ1v) is 8.38. The van der Waals surface area contributed by atoms with Crippen LogP contribution in [0.2, 0.25) is 0 Å². The molecule has 1 saturated heterocycles. The van der Waals surface area contributed by atoms with Crippen LogP contribution in [-0.4, -0.2) is 49.0 Å². The van der Waals surface area contributed by atoms with Crippen molar-refractivity contribution in [2.24, 2.45) is 13.0 Å². The normalized spacial score (nSPS) is 18.4. The van der Waals surface area contributed by atoms with E-state index in [-0.39, 0.29) is 0 Å². The first-order chi connectivity index (χ1) is 11.8. The molecule has 1 aliphatic heterocycles. The zero-order valence-electron chi connectivity index (χ0n) is 13.8. The standard InChI is InChI=1S/C16H22N8/c1-22-7-4-14(21-22)10-17-9-13-3-2-6-23(11-13)15-16-20-19-12-24(16)8-5-18-15/h4-5,7-8,12-13,17H,2-3,6,9-11H2,1H3/t13-/m0/s1. The lowest BCUT2D eigenvalue weighted by Gasteiger charge is -2.33. The molecule has 0 unspecified atom stereocenters. The molecule has 8 heteroatoms.